The molecule has 2 aliphatic heterocycles. The molecule has 2 heterocycles. The summed E-state index contributed by atoms with van der Waals surface area (Å²) < 4.78 is 0. The summed E-state index contributed by atoms with van der Waals surface area (Å²) in [6, 6.07) is 0. The number of aldehydes is 1. The maximum Gasteiger partial charge on any atom is 0.225 e. The molecule has 2 fully saturated rings. The molecule has 0 bridgehead atoms. The van der Waals surface area contributed by atoms with Gasteiger partial charge in [-0.05, 0) is 84.1 Å². The van der Waals surface area contributed by atoms with Crippen molar-refractivity contribution in [3.8, 4) is 0 Å². The second-order valence-electron chi connectivity index (χ2n) is 9.87. The molecule has 31 heavy (non-hydrogen) atoms. The summed E-state index contributed by atoms with van der Waals surface area (Å²) in [5.41, 5.74) is 1.26. The van der Waals surface area contributed by atoms with E-state index in [-0.39, 0.29) is 5.92 Å². The van der Waals surface area contributed by atoms with E-state index in [2.05, 4.69) is 49.5 Å². The number of hydrogen-bond donors (Lipinski definition) is 1. The number of nitrogens with one attached hydrogen (secondary N) is 1. The highest BCUT2D eigenvalue weighted by molar-refractivity contribution is 5.79. The lowest BCUT2D eigenvalue weighted by molar-refractivity contribution is -0.138. The molecule has 0 aromatic heterocycles. The van der Waals surface area contributed by atoms with Crippen LogP contribution in [-0.2, 0) is 9.59 Å². The van der Waals surface area contributed by atoms with E-state index < -0.39 is 0 Å². The summed E-state index contributed by atoms with van der Waals surface area (Å²) in [6.07, 6.45) is 6.68. The molecule has 0 radical (unpaired) electrons. The number of carbonyl (C=O) groups is 2. The molecule has 2 saturated heterocycles. The molecule has 5 nitrogen and oxygen atoms in total. The fourth-order valence-corrected chi connectivity index (χ4v) is 3.44. The molecule has 0 aromatic rings. The molecular formula is C26H51N3O2. The van der Waals surface area contributed by atoms with Crippen LogP contribution < -0.4 is 5.32 Å². The fourth-order valence-electron chi connectivity index (χ4n) is 3.44. The Bertz CT molecular complexity index is 489. The van der Waals surface area contributed by atoms with E-state index in [1.54, 1.807) is 0 Å². The molecule has 0 aliphatic carbocycles. The van der Waals surface area contributed by atoms with Gasteiger partial charge in [0.05, 0.1) is 0 Å². The lowest BCUT2D eigenvalue weighted by Gasteiger charge is -2.36. The average Bonchev–Trinajstić information content (AvgIpc) is 2.75. The quantitative estimate of drug-likeness (QED) is 0.358. The highest BCUT2D eigenvalue weighted by Gasteiger charge is 2.29. The number of likely N-dealkylation sites (tertiary alicyclic amines) is 2. The zero-order valence-corrected chi connectivity index (χ0v) is 21.6. The Morgan fingerprint density at radius 1 is 1.06 bits per heavy atom. The number of carbonyl (C=O) groups excluding carboxylic acids is 2. The minimum Gasteiger partial charge on any atom is -0.342 e. The molecule has 1 amide bonds. The van der Waals surface area contributed by atoms with E-state index >= 15 is 0 Å². The second kappa shape index (κ2) is 17.4. The normalized spacial score (nSPS) is 18.2. The first-order valence-corrected chi connectivity index (χ1v) is 12.4. The maximum absolute atomic E-state index is 12.5. The third kappa shape index (κ3) is 14.5. The standard InChI is InChI=1S/C16H31N3O.C6H12.C4H8O/c1-3-17-9-4-14-5-12-19(13-6-14)16(20)15-7-10-18(2)11-8-15;1-5(2)6(3)4;1-4(2)3-5/h14-15,17H,3-13H2,1-2H3;6H,1H2,2-4H3;3-4H,1-2H3. The molecule has 5 heteroatoms. The SMILES string of the molecule is C=C(C)C(C)C.CC(C)C=O.CCNCCC1CCN(C(=O)C2CCN(C)CC2)CC1. The Balaban J connectivity index is 0.000000679. The van der Waals surface area contributed by atoms with Crippen LogP contribution in [0.3, 0.4) is 0 Å². The summed E-state index contributed by atoms with van der Waals surface area (Å²) in [6.45, 7) is 22.3. The summed E-state index contributed by atoms with van der Waals surface area (Å²) in [4.78, 5) is 26.5. The van der Waals surface area contributed by atoms with E-state index in [0.717, 1.165) is 64.3 Å². The number of hydrogen-bond acceptors (Lipinski definition) is 4. The molecule has 1 N–H and O–H groups in total. The van der Waals surface area contributed by atoms with Gasteiger partial charge < -0.3 is 19.9 Å². The van der Waals surface area contributed by atoms with Crippen LogP contribution in [0.4, 0.5) is 0 Å². The van der Waals surface area contributed by atoms with E-state index in [1.165, 1.54) is 24.8 Å². The van der Waals surface area contributed by atoms with Crippen molar-refractivity contribution in [2.45, 2.75) is 73.6 Å². The van der Waals surface area contributed by atoms with Crippen LogP contribution in [0.15, 0.2) is 12.2 Å². The van der Waals surface area contributed by atoms with Crippen molar-refractivity contribution >= 4 is 12.2 Å². The lowest BCUT2D eigenvalue weighted by Crippen LogP contribution is -2.45. The number of piperidine rings is 2. The maximum atomic E-state index is 12.5. The smallest absolute Gasteiger partial charge is 0.225 e. The molecule has 0 atom stereocenters. The first kappa shape index (κ1) is 29.8. The molecule has 0 spiro atoms. The zero-order valence-electron chi connectivity index (χ0n) is 21.6. The topological polar surface area (TPSA) is 52.7 Å². The van der Waals surface area contributed by atoms with Gasteiger partial charge in [0.15, 0.2) is 0 Å². The van der Waals surface area contributed by atoms with Crippen LogP contribution in [0.5, 0.6) is 0 Å². The molecule has 182 valence electrons. The minimum absolute atomic E-state index is 0.204. The second-order valence-corrected chi connectivity index (χ2v) is 9.87. The van der Waals surface area contributed by atoms with E-state index in [4.69, 9.17) is 0 Å². The van der Waals surface area contributed by atoms with Crippen molar-refractivity contribution in [1.82, 2.24) is 15.1 Å². The van der Waals surface area contributed by atoms with Crippen LogP contribution in [-0.4, -0.2) is 68.3 Å². The highest BCUT2D eigenvalue weighted by atomic mass is 16.2. The molecule has 2 rings (SSSR count). The van der Waals surface area contributed by atoms with Crippen LogP contribution >= 0.6 is 0 Å². The Kier molecular flexibility index (Phi) is 16.7. The van der Waals surface area contributed by atoms with Gasteiger partial charge >= 0.3 is 0 Å². The first-order chi connectivity index (χ1) is 14.6. The molecule has 0 unspecified atom stereocenters. The summed E-state index contributed by atoms with van der Waals surface area (Å²) in [7, 11) is 2.15. The Morgan fingerprint density at radius 3 is 1.94 bits per heavy atom. The fraction of sp³-hybridized carbons (Fsp3) is 0.846. The van der Waals surface area contributed by atoms with Gasteiger partial charge in [-0.1, -0.05) is 46.8 Å². The van der Waals surface area contributed by atoms with E-state index in [9.17, 15) is 9.59 Å². The largest absolute Gasteiger partial charge is 0.342 e. The number of rotatable bonds is 7. The zero-order chi connectivity index (χ0) is 23.8. The van der Waals surface area contributed by atoms with E-state index in [1.807, 2.05) is 20.8 Å². The van der Waals surface area contributed by atoms with Crippen molar-refractivity contribution in [2.75, 3.05) is 46.3 Å². The monoisotopic (exact) mass is 437 g/mol. The predicted octanol–water partition coefficient (Wildman–Crippen LogP) is 4.63. The van der Waals surface area contributed by atoms with Crippen molar-refractivity contribution in [1.29, 1.82) is 0 Å². The number of amides is 1. The Morgan fingerprint density at radius 2 is 1.55 bits per heavy atom. The number of nitrogens with zero attached hydrogens (tertiary/aromatic N) is 2. The van der Waals surface area contributed by atoms with Crippen LogP contribution in [0.1, 0.15) is 73.6 Å². The van der Waals surface area contributed by atoms with Crippen LogP contribution in [0.2, 0.25) is 0 Å². The summed E-state index contributed by atoms with van der Waals surface area (Å²) >= 11 is 0. The van der Waals surface area contributed by atoms with Crippen molar-refractivity contribution in [3.05, 3.63) is 12.2 Å². The third-order valence-electron chi connectivity index (χ3n) is 6.23. The summed E-state index contributed by atoms with van der Waals surface area (Å²) in [5, 5.41) is 3.40. The molecular weight excluding hydrogens is 386 g/mol. The van der Waals surface area contributed by atoms with Gasteiger partial charge in [0.25, 0.3) is 0 Å². The van der Waals surface area contributed by atoms with Gasteiger partial charge in [-0.3, -0.25) is 4.79 Å². The Hall–Kier alpha value is -1.20. The van der Waals surface area contributed by atoms with Crippen molar-refractivity contribution < 1.29 is 9.59 Å². The average molecular weight is 438 g/mol. The molecule has 0 aromatic carbocycles. The van der Waals surface area contributed by atoms with Crippen molar-refractivity contribution in [2.24, 2.45) is 23.7 Å². The van der Waals surface area contributed by atoms with Crippen LogP contribution in [0, 0.1) is 23.7 Å². The third-order valence-corrected chi connectivity index (χ3v) is 6.23. The van der Waals surface area contributed by atoms with Gasteiger partial charge in [-0.15, -0.1) is 0 Å². The van der Waals surface area contributed by atoms with Crippen LogP contribution in [0.25, 0.3) is 0 Å². The van der Waals surface area contributed by atoms with Gasteiger partial charge in [-0.2, -0.15) is 0 Å². The highest BCUT2D eigenvalue weighted by Crippen LogP contribution is 2.24. The molecule has 2 aliphatic rings. The first-order valence-electron chi connectivity index (χ1n) is 12.4. The van der Waals surface area contributed by atoms with Gasteiger partial charge in [0, 0.05) is 24.9 Å². The van der Waals surface area contributed by atoms with Gasteiger partial charge in [-0.25, -0.2) is 0 Å². The number of allylic oxidation sites excluding steroid dienone is 1. The van der Waals surface area contributed by atoms with E-state index in [0.29, 0.717) is 17.7 Å². The van der Waals surface area contributed by atoms with Crippen molar-refractivity contribution in [3.63, 3.8) is 0 Å². The van der Waals surface area contributed by atoms with Gasteiger partial charge in [0.1, 0.15) is 6.29 Å². The van der Waals surface area contributed by atoms with Gasteiger partial charge in [0.2, 0.25) is 5.91 Å². The minimum atomic E-state index is 0.204. The summed E-state index contributed by atoms with van der Waals surface area (Å²) in [5.74, 6) is 2.41. The molecule has 0 saturated carbocycles. The lowest BCUT2D eigenvalue weighted by atomic mass is 9.90. The predicted molar refractivity (Wildman–Crippen MR) is 133 cm³/mol. The Labute approximate surface area is 193 Å².